The highest BCUT2D eigenvalue weighted by Gasteiger charge is 2.09. The van der Waals surface area contributed by atoms with Crippen LogP contribution in [0.15, 0.2) is 51.9 Å². The second-order valence-electron chi connectivity index (χ2n) is 5.85. The molecule has 0 saturated heterocycles. The minimum absolute atomic E-state index is 0.384. The quantitative estimate of drug-likeness (QED) is 0.560. The molecule has 4 heteroatoms. The first-order valence-electron chi connectivity index (χ1n) is 7.65. The predicted octanol–water partition coefficient (Wildman–Crippen LogP) is 4.28. The summed E-state index contributed by atoms with van der Waals surface area (Å²) in [4.78, 5) is 4.39. The highest BCUT2D eigenvalue weighted by molar-refractivity contribution is 5.92. The number of fused-ring (bicyclic) bond motifs is 1. The molecule has 23 heavy (non-hydrogen) atoms. The maximum Gasteiger partial charge on any atom is 0.193 e. The standard InChI is InChI=1S/C19H21N3O/c1-12-8-13(2)10-15(9-12)22-19(20)21-11-18-14(3)16-6-4-5-7-17(16)23-18/h4-10H,11H2,1-3H3,(H3,20,21,22). The molecule has 0 aliphatic carbocycles. The Bertz CT molecular complexity index is 857. The van der Waals surface area contributed by atoms with Crippen molar-refractivity contribution in [3.05, 3.63) is 64.9 Å². The minimum Gasteiger partial charge on any atom is -0.459 e. The average Bonchev–Trinajstić information content (AvgIpc) is 2.81. The van der Waals surface area contributed by atoms with E-state index in [2.05, 4.69) is 36.3 Å². The van der Waals surface area contributed by atoms with Gasteiger partial charge in [-0.3, -0.25) is 0 Å². The summed E-state index contributed by atoms with van der Waals surface area (Å²) in [5.41, 5.74) is 11.3. The van der Waals surface area contributed by atoms with Gasteiger partial charge in [-0.05, 0) is 50.1 Å². The number of hydrogen-bond donors (Lipinski definition) is 2. The summed E-state index contributed by atoms with van der Waals surface area (Å²) in [6.07, 6.45) is 0. The Morgan fingerprint density at radius 3 is 2.48 bits per heavy atom. The molecule has 118 valence electrons. The number of benzene rings is 2. The van der Waals surface area contributed by atoms with Gasteiger partial charge >= 0.3 is 0 Å². The molecule has 3 N–H and O–H groups in total. The van der Waals surface area contributed by atoms with Gasteiger partial charge in [0.25, 0.3) is 0 Å². The van der Waals surface area contributed by atoms with Crippen molar-refractivity contribution in [1.82, 2.24) is 0 Å². The molecule has 0 spiro atoms. The van der Waals surface area contributed by atoms with Gasteiger partial charge in [-0.15, -0.1) is 0 Å². The smallest absolute Gasteiger partial charge is 0.193 e. The van der Waals surface area contributed by atoms with Crippen LogP contribution in [0.2, 0.25) is 0 Å². The van der Waals surface area contributed by atoms with Crippen LogP contribution in [0.25, 0.3) is 11.0 Å². The second kappa shape index (κ2) is 6.16. The first-order chi connectivity index (χ1) is 11.0. The van der Waals surface area contributed by atoms with Gasteiger partial charge in [0.15, 0.2) is 5.96 Å². The van der Waals surface area contributed by atoms with Crippen molar-refractivity contribution in [3.8, 4) is 0 Å². The van der Waals surface area contributed by atoms with Crippen LogP contribution < -0.4 is 11.1 Å². The number of nitrogens with one attached hydrogen (secondary N) is 1. The van der Waals surface area contributed by atoms with Gasteiger partial charge in [0.2, 0.25) is 0 Å². The third-order valence-corrected chi connectivity index (χ3v) is 3.83. The van der Waals surface area contributed by atoms with Crippen LogP contribution in [0.5, 0.6) is 0 Å². The fourth-order valence-electron chi connectivity index (χ4n) is 2.77. The molecule has 0 saturated carbocycles. The average molecular weight is 307 g/mol. The Balaban J connectivity index is 1.77. The van der Waals surface area contributed by atoms with Crippen LogP contribution in [-0.4, -0.2) is 5.96 Å². The molecule has 0 unspecified atom stereocenters. The van der Waals surface area contributed by atoms with Crippen molar-refractivity contribution in [2.45, 2.75) is 27.3 Å². The van der Waals surface area contributed by atoms with Gasteiger partial charge in [0.1, 0.15) is 17.9 Å². The van der Waals surface area contributed by atoms with Gasteiger partial charge in [0, 0.05) is 16.6 Å². The van der Waals surface area contributed by atoms with Gasteiger partial charge < -0.3 is 15.5 Å². The van der Waals surface area contributed by atoms with Crippen LogP contribution >= 0.6 is 0 Å². The highest BCUT2D eigenvalue weighted by Crippen LogP contribution is 2.25. The summed E-state index contributed by atoms with van der Waals surface area (Å²) in [6.45, 7) is 6.58. The van der Waals surface area contributed by atoms with Crippen molar-refractivity contribution in [1.29, 1.82) is 0 Å². The molecular formula is C19H21N3O. The maximum absolute atomic E-state index is 6.00. The molecule has 0 amide bonds. The number of anilines is 1. The molecule has 3 rings (SSSR count). The van der Waals surface area contributed by atoms with E-state index in [1.165, 1.54) is 11.1 Å². The summed E-state index contributed by atoms with van der Waals surface area (Å²) in [6, 6.07) is 14.2. The summed E-state index contributed by atoms with van der Waals surface area (Å²) in [7, 11) is 0. The Hall–Kier alpha value is -2.75. The number of rotatable bonds is 3. The summed E-state index contributed by atoms with van der Waals surface area (Å²) >= 11 is 0. The number of nitrogens with zero attached hydrogens (tertiary/aromatic N) is 1. The Labute approximate surface area is 136 Å². The fourth-order valence-corrected chi connectivity index (χ4v) is 2.77. The molecule has 0 bridgehead atoms. The molecule has 0 aliphatic rings. The lowest BCUT2D eigenvalue weighted by Gasteiger charge is -2.07. The number of aryl methyl sites for hydroxylation is 3. The SMILES string of the molecule is Cc1cc(C)cc(NC(N)=NCc2oc3ccccc3c2C)c1. The summed E-state index contributed by atoms with van der Waals surface area (Å²) in [5, 5.41) is 4.26. The van der Waals surface area contributed by atoms with Gasteiger partial charge in [-0.2, -0.15) is 0 Å². The van der Waals surface area contributed by atoms with E-state index in [1.54, 1.807) is 0 Å². The fraction of sp³-hybridized carbons (Fsp3) is 0.211. The molecule has 0 radical (unpaired) electrons. The molecule has 0 fully saturated rings. The number of para-hydroxylation sites is 1. The van der Waals surface area contributed by atoms with Crippen molar-refractivity contribution < 1.29 is 4.42 Å². The van der Waals surface area contributed by atoms with Crippen molar-refractivity contribution >= 4 is 22.6 Å². The van der Waals surface area contributed by atoms with Crippen molar-refractivity contribution in [2.24, 2.45) is 10.7 Å². The van der Waals surface area contributed by atoms with Gasteiger partial charge in [-0.25, -0.2) is 4.99 Å². The third kappa shape index (κ3) is 3.37. The maximum atomic E-state index is 6.00. The van der Waals surface area contributed by atoms with Crippen molar-refractivity contribution in [3.63, 3.8) is 0 Å². The second-order valence-corrected chi connectivity index (χ2v) is 5.85. The Morgan fingerprint density at radius 1 is 1.09 bits per heavy atom. The number of aliphatic imine (C=N–C) groups is 1. The van der Waals surface area contributed by atoms with Gasteiger partial charge in [-0.1, -0.05) is 24.3 Å². The zero-order valence-corrected chi connectivity index (χ0v) is 13.7. The van der Waals surface area contributed by atoms with E-state index in [0.29, 0.717) is 12.5 Å². The van der Waals surface area contributed by atoms with E-state index < -0.39 is 0 Å². The zero-order valence-electron chi connectivity index (χ0n) is 13.7. The van der Waals surface area contributed by atoms with E-state index in [1.807, 2.05) is 37.3 Å². The van der Waals surface area contributed by atoms with Crippen LogP contribution in [0.3, 0.4) is 0 Å². The van der Waals surface area contributed by atoms with Gasteiger partial charge in [0.05, 0.1) is 0 Å². The largest absolute Gasteiger partial charge is 0.459 e. The van der Waals surface area contributed by atoms with Crippen LogP contribution in [0.4, 0.5) is 5.69 Å². The van der Waals surface area contributed by atoms with E-state index >= 15 is 0 Å². The highest BCUT2D eigenvalue weighted by atomic mass is 16.3. The van der Waals surface area contributed by atoms with Crippen LogP contribution in [0.1, 0.15) is 22.5 Å². The number of furan rings is 1. The van der Waals surface area contributed by atoms with E-state index in [0.717, 1.165) is 28.0 Å². The Morgan fingerprint density at radius 2 is 1.78 bits per heavy atom. The van der Waals surface area contributed by atoms with E-state index in [9.17, 15) is 0 Å². The monoisotopic (exact) mass is 307 g/mol. The number of hydrogen-bond acceptors (Lipinski definition) is 2. The summed E-state index contributed by atoms with van der Waals surface area (Å²) < 4.78 is 5.85. The first kappa shape index (κ1) is 15.2. The molecule has 1 heterocycles. The topological polar surface area (TPSA) is 63.5 Å². The van der Waals surface area contributed by atoms with Crippen LogP contribution in [0, 0.1) is 20.8 Å². The molecule has 0 atom stereocenters. The lowest BCUT2D eigenvalue weighted by molar-refractivity contribution is 0.549. The summed E-state index contributed by atoms with van der Waals surface area (Å²) in [5.74, 6) is 1.23. The lowest BCUT2D eigenvalue weighted by Crippen LogP contribution is -2.22. The lowest BCUT2D eigenvalue weighted by atomic mass is 10.1. The van der Waals surface area contributed by atoms with Crippen molar-refractivity contribution in [2.75, 3.05) is 5.32 Å². The minimum atomic E-state index is 0.384. The number of nitrogens with two attached hydrogens (primary N) is 1. The molecule has 3 aromatic rings. The van der Waals surface area contributed by atoms with E-state index in [4.69, 9.17) is 10.2 Å². The zero-order chi connectivity index (χ0) is 16.4. The molecule has 2 aromatic carbocycles. The van der Waals surface area contributed by atoms with Crippen LogP contribution in [-0.2, 0) is 6.54 Å². The number of guanidine groups is 1. The molecule has 0 aliphatic heterocycles. The molecule has 4 nitrogen and oxygen atoms in total. The third-order valence-electron chi connectivity index (χ3n) is 3.83. The normalized spacial score (nSPS) is 11.9. The molecule has 1 aromatic heterocycles. The molecular weight excluding hydrogens is 286 g/mol. The predicted molar refractivity (Wildman–Crippen MR) is 95.8 cm³/mol. The first-order valence-corrected chi connectivity index (χ1v) is 7.65. The van der Waals surface area contributed by atoms with E-state index in [-0.39, 0.29) is 0 Å². The Kier molecular flexibility index (Phi) is 4.06.